The fraction of sp³-hybridized carbons (Fsp3) is 0.444. The van der Waals surface area contributed by atoms with Crippen LogP contribution in [0.15, 0.2) is 12.3 Å². The second-order valence-electron chi connectivity index (χ2n) is 2.99. The molecular weight excluding hydrogens is 174 g/mol. The summed E-state index contributed by atoms with van der Waals surface area (Å²) in [6.45, 7) is 4.08. The second kappa shape index (κ2) is 3.87. The van der Waals surface area contributed by atoms with Crippen LogP contribution in [0, 0.1) is 0 Å². The number of aliphatic hydroxyl groups is 1. The third kappa shape index (κ3) is 1.76. The van der Waals surface area contributed by atoms with Crippen molar-refractivity contribution in [3.63, 3.8) is 0 Å². The molecule has 0 atom stereocenters. The van der Waals surface area contributed by atoms with E-state index in [4.69, 9.17) is 16.7 Å². The SMILES string of the molecule is CC(C)c1c(CO)ccnc1Cl. The molecule has 0 radical (unpaired) electrons. The van der Waals surface area contributed by atoms with E-state index in [9.17, 15) is 0 Å². The van der Waals surface area contributed by atoms with Gasteiger partial charge >= 0.3 is 0 Å². The molecule has 12 heavy (non-hydrogen) atoms. The third-order valence-electron chi connectivity index (χ3n) is 1.78. The minimum Gasteiger partial charge on any atom is -0.392 e. The third-order valence-corrected chi connectivity index (χ3v) is 2.08. The monoisotopic (exact) mass is 185 g/mol. The largest absolute Gasteiger partial charge is 0.392 e. The maximum Gasteiger partial charge on any atom is 0.132 e. The van der Waals surface area contributed by atoms with Gasteiger partial charge < -0.3 is 5.11 Å². The Bertz CT molecular complexity index is 273. The molecule has 0 saturated heterocycles. The molecule has 1 rings (SSSR count). The van der Waals surface area contributed by atoms with Gasteiger partial charge in [-0.15, -0.1) is 0 Å². The van der Waals surface area contributed by atoms with Gasteiger partial charge in [-0.1, -0.05) is 25.4 Å². The Morgan fingerprint density at radius 3 is 2.67 bits per heavy atom. The molecule has 0 aromatic carbocycles. The molecule has 66 valence electrons. The van der Waals surface area contributed by atoms with E-state index < -0.39 is 0 Å². The average Bonchev–Trinajstić information content (AvgIpc) is 2.03. The van der Waals surface area contributed by atoms with Gasteiger partial charge in [0.2, 0.25) is 0 Å². The quantitative estimate of drug-likeness (QED) is 0.718. The van der Waals surface area contributed by atoms with Crippen molar-refractivity contribution in [3.05, 3.63) is 28.5 Å². The standard InChI is InChI=1S/C9H12ClNO/c1-6(2)8-7(5-12)3-4-11-9(8)10/h3-4,6,12H,5H2,1-2H3. The molecule has 2 nitrogen and oxygen atoms in total. The second-order valence-corrected chi connectivity index (χ2v) is 3.35. The first-order valence-electron chi connectivity index (χ1n) is 3.91. The predicted molar refractivity (Wildman–Crippen MR) is 49.3 cm³/mol. The average molecular weight is 186 g/mol. The van der Waals surface area contributed by atoms with Crippen LogP contribution in [0.5, 0.6) is 0 Å². The Morgan fingerprint density at radius 1 is 1.58 bits per heavy atom. The van der Waals surface area contributed by atoms with E-state index in [0.29, 0.717) is 11.1 Å². The van der Waals surface area contributed by atoms with Crippen LogP contribution in [0.3, 0.4) is 0 Å². The van der Waals surface area contributed by atoms with Crippen LogP contribution >= 0.6 is 11.6 Å². The number of hydrogen-bond donors (Lipinski definition) is 1. The van der Waals surface area contributed by atoms with Gasteiger partial charge in [0.05, 0.1) is 6.61 Å². The van der Waals surface area contributed by atoms with E-state index in [0.717, 1.165) is 11.1 Å². The number of halogens is 1. The van der Waals surface area contributed by atoms with E-state index in [-0.39, 0.29) is 6.61 Å². The molecule has 1 heterocycles. The zero-order valence-electron chi connectivity index (χ0n) is 7.21. The molecule has 1 N–H and O–H groups in total. The molecule has 3 heteroatoms. The van der Waals surface area contributed by atoms with Gasteiger partial charge in [-0.05, 0) is 23.1 Å². The predicted octanol–water partition coefficient (Wildman–Crippen LogP) is 2.35. The first kappa shape index (κ1) is 9.49. The highest BCUT2D eigenvalue weighted by atomic mass is 35.5. The Morgan fingerprint density at radius 2 is 2.25 bits per heavy atom. The van der Waals surface area contributed by atoms with Crippen LogP contribution in [0.4, 0.5) is 0 Å². The van der Waals surface area contributed by atoms with Crippen molar-refractivity contribution in [1.29, 1.82) is 0 Å². The lowest BCUT2D eigenvalue weighted by molar-refractivity contribution is 0.280. The summed E-state index contributed by atoms with van der Waals surface area (Å²) in [5.74, 6) is 0.299. The van der Waals surface area contributed by atoms with E-state index in [1.807, 2.05) is 13.8 Å². The van der Waals surface area contributed by atoms with Gasteiger partial charge in [-0.3, -0.25) is 0 Å². The van der Waals surface area contributed by atoms with E-state index in [1.54, 1.807) is 12.3 Å². The lowest BCUT2D eigenvalue weighted by atomic mass is 10.0. The Kier molecular flexibility index (Phi) is 3.06. The van der Waals surface area contributed by atoms with Gasteiger partial charge in [-0.25, -0.2) is 4.98 Å². The van der Waals surface area contributed by atoms with Gasteiger partial charge in [0, 0.05) is 6.20 Å². The summed E-state index contributed by atoms with van der Waals surface area (Å²) in [7, 11) is 0. The zero-order valence-corrected chi connectivity index (χ0v) is 7.97. The van der Waals surface area contributed by atoms with Gasteiger partial charge in [0.15, 0.2) is 0 Å². The number of aliphatic hydroxyl groups excluding tert-OH is 1. The molecule has 0 aliphatic carbocycles. The highest BCUT2D eigenvalue weighted by molar-refractivity contribution is 6.30. The molecule has 0 aliphatic rings. The number of nitrogens with zero attached hydrogens (tertiary/aromatic N) is 1. The van der Waals surface area contributed by atoms with Crippen molar-refractivity contribution >= 4 is 11.6 Å². The smallest absolute Gasteiger partial charge is 0.132 e. The lowest BCUT2D eigenvalue weighted by Crippen LogP contribution is -1.98. The Balaban J connectivity index is 3.20. The first-order chi connectivity index (χ1) is 5.66. The van der Waals surface area contributed by atoms with Crippen molar-refractivity contribution in [2.45, 2.75) is 26.4 Å². The molecule has 0 spiro atoms. The van der Waals surface area contributed by atoms with Gasteiger partial charge in [0.1, 0.15) is 5.15 Å². The fourth-order valence-electron chi connectivity index (χ4n) is 1.23. The normalized spacial score (nSPS) is 10.8. The van der Waals surface area contributed by atoms with E-state index in [1.165, 1.54) is 0 Å². The summed E-state index contributed by atoms with van der Waals surface area (Å²) < 4.78 is 0. The zero-order chi connectivity index (χ0) is 9.14. The van der Waals surface area contributed by atoms with Crippen molar-refractivity contribution in [2.75, 3.05) is 0 Å². The number of pyridine rings is 1. The molecular formula is C9H12ClNO. The number of rotatable bonds is 2. The maximum absolute atomic E-state index is 9.01. The molecule has 0 amide bonds. The molecule has 1 aromatic rings. The highest BCUT2D eigenvalue weighted by Crippen LogP contribution is 2.25. The first-order valence-corrected chi connectivity index (χ1v) is 4.28. The van der Waals surface area contributed by atoms with Crippen molar-refractivity contribution in [1.82, 2.24) is 4.98 Å². The minimum absolute atomic E-state index is 0.0236. The Labute approximate surface area is 77.2 Å². The summed E-state index contributed by atoms with van der Waals surface area (Å²) >= 11 is 5.88. The summed E-state index contributed by atoms with van der Waals surface area (Å²) in [5, 5.41) is 9.50. The molecule has 0 bridgehead atoms. The molecule has 0 unspecified atom stereocenters. The van der Waals surface area contributed by atoms with Crippen LogP contribution in [0.2, 0.25) is 5.15 Å². The van der Waals surface area contributed by atoms with E-state index in [2.05, 4.69) is 4.98 Å². The van der Waals surface area contributed by atoms with Crippen LogP contribution in [0.1, 0.15) is 30.9 Å². The molecule has 0 aliphatic heterocycles. The van der Waals surface area contributed by atoms with Gasteiger partial charge in [-0.2, -0.15) is 0 Å². The number of aromatic nitrogens is 1. The van der Waals surface area contributed by atoms with Crippen LogP contribution in [-0.2, 0) is 6.61 Å². The van der Waals surface area contributed by atoms with Crippen LogP contribution in [0.25, 0.3) is 0 Å². The summed E-state index contributed by atoms with van der Waals surface area (Å²) in [4.78, 5) is 3.96. The van der Waals surface area contributed by atoms with E-state index >= 15 is 0 Å². The topological polar surface area (TPSA) is 33.1 Å². The van der Waals surface area contributed by atoms with Crippen LogP contribution in [-0.4, -0.2) is 10.1 Å². The molecule has 0 fully saturated rings. The summed E-state index contributed by atoms with van der Waals surface area (Å²) in [6, 6.07) is 1.79. The van der Waals surface area contributed by atoms with Crippen molar-refractivity contribution < 1.29 is 5.11 Å². The lowest BCUT2D eigenvalue weighted by Gasteiger charge is -2.11. The maximum atomic E-state index is 9.01. The molecule has 1 aromatic heterocycles. The van der Waals surface area contributed by atoms with Crippen LogP contribution < -0.4 is 0 Å². The van der Waals surface area contributed by atoms with Gasteiger partial charge in [0.25, 0.3) is 0 Å². The Hall–Kier alpha value is -0.600. The summed E-state index contributed by atoms with van der Waals surface area (Å²) in [5.41, 5.74) is 1.81. The van der Waals surface area contributed by atoms with Crippen molar-refractivity contribution in [3.8, 4) is 0 Å². The highest BCUT2D eigenvalue weighted by Gasteiger charge is 2.10. The van der Waals surface area contributed by atoms with Crippen molar-refractivity contribution in [2.24, 2.45) is 0 Å². The minimum atomic E-state index is 0.0236. The molecule has 0 saturated carbocycles. The fourth-order valence-corrected chi connectivity index (χ4v) is 1.63. The number of hydrogen-bond acceptors (Lipinski definition) is 2. The summed E-state index contributed by atoms with van der Waals surface area (Å²) in [6.07, 6.45) is 1.61.